The van der Waals surface area contributed by atoms with Crippen LogP contribution in [-0.2, 0) is 27.8 Å². The van der Waals surface area contributed by atoms with Crippen molar-refractivity contribution < 1.29 is 18.0 Å². The Balaban J connectivity index is 1.48. The van der Waals surface area contributed by atoms with Crippen LogP contribution in [0.25, 0.3) is 0 Å². The molecule has 176 valence electrons. The Morgan fingerprint density at radius 2 is 1.41 bits per heavy atom. The smallest absolute Gasteiger partial charge is 0.323 e. The molecule has 1 aliphatic heterocycles. The second-order valence-electron chi connectivity index (χ2n) is 7.95. The molecule has 3 aromatic rings. The van der Waals surface area contributed by atoms with E-state index in [1.54, 1.807) is 43.3 Å². The average molecular weight is 479 g/mol. The summed E-state index contributed by atoms with van der Waals surface area (Å²) in [7, 11) is -3.60. The Morgan fingerprint density at radius 3 is 2.12 bits per heavy atom. The molecule has 4 rings (SSSR count). The fourth-order valence-electron chi connectivity index (χ4n) is 3.90. The SMILES string of the molecule is CCS(=O)(=O)N1Cc2ccccc2CC1C(=O)Nc1cccc(NC(=O)Nc2ccccc2)c1. The van der Waals surface area contributed by atoms with Crippen molar-refractivity contribution in [2.24, 2.45) is 0 Å². The fraction of sp³-hybridized carbons (Fsp3) is 0.200. The van der Waals surface area contributed by atoms with Crippen molar-refractivity contribution >= 4 is 39.0 Å². The van der Waals surface area contributed by atoms with E-state index in [9.17, 15) is 18.0 Å². The van der Waals surface area contributed by atoms with E-state index in [2.05, 4.69) is 16.0 Å². The van der Waals surface area contributed by atoms with Gasteiger partial charge >= 0.3 is 6.03 Å². The van der Waals surface area contributed by atoms with Gasteiger partial charge in [0.2, 0.25) is 15.9 Å². The van der Waals surface area contributed by atoms with Gasteiger partial charge in [0, 0.05) is 23.6 Å². The number of hydrogen-bond acceptors (Lipinski definition) is 4. The minimum atomic E-state index is -3.60. The van der Waals surface area contributed by atoms with E-state index in [1.165, 1.54) is 4.31 Å². The Hall–Kier alpha value is -3.69. The molecule has 34 heavy (non-hydrogen) atoms. The van der Waals surface area contributed by atoms with Crippen LogP contribution in [0.4, 0.5) is 21.9 Å². The highest BCUT2D eigenvalue weighted by molar-refractivity contribution is 7.89. The van der Waals surface area contributed by atoms with Gasteiger partial charge in [-0.05, 0) is 54.8 Å². The third kappa shape index (κ3) is 5.44. The van der Waals surface area contributed by atoms with Gasteiger partial charge in [-0.3, -0.25) is 4.79 Å². The zero-order chi connectivity index (χ0) is 24.1. The molecule has 8 nitrogen and oxygen atoms in total. The van der Waals surface area contributed by atoms with Crippen LogP contribution in [-0.4, -0.2) is 36.5 Å². The van der Waals surface area contributed by atoms with E-state index in [4.69, 9.17) is 0 Å². The monoisotopic (exact) mass is 478 g/mol. The second kappa shape index (κ2) is 10.1. The highest BCUT2D eigenvalue weighted by Gasteiger charge is 2.37. The number of benzene rings is 3. The molecule has 0 saturated heterocycles. The lowest BCUT2D eigenvalue weighted by molar-refractivity contribution is -0.120. The summed E-state index contributed by atoms with van der Waals surface area (Å²) in [5, 5.41) is 8.28. The van der Waals surface area contributed by atoms with Crippen LogP contribution in [0, 0.1) is 0 Å². The van der Waals surface area contributed by atoms with Crippen LogP contribution in [0.3, 0.4) is 0 Å². The number of nitrogens with one attached hydrogen (secondary N) is 3. The van der Waals surface area contributed by atoms with Gasteiger partial charge in [0.1, 0.15) is 6.04 Å². The summed E-state index contributed by atoms with van der Waals surface area (Å²) in [5.74, 6) is -0.507. The van der Waals surface area contributed by atoms with Crippen LogP contribution in [0.15, 0.2) is 78.9 Å². The number of rotatable bonds is 6. The number of sulfonamides is 1. The molecule has 9 heteroatoms. The number of nitrogens with zero attached hydrogens (tertiary/aromatic N) is 1. The van der Waals surface area contributed by atoms with Gasteiger partial charge in [-0.2, -0.15) is 4.31 Å². The molecule has 0 spiro atoms. The topological polar surface area (TPSA) is 108 Å². The molecule has 1 unspecified atom stereocenters. The van der Waals surface area contributed by atoms with E-state index < -0.39 is 28.0 Å². The molecule has 0 radical (unpaired) electrons. The number of amides is 3. The van der Waals surface area contributed by atoms with Crippen LogP contribution in [0.5, 0.6) is 0 Å². The zero-order valence-electron chi connectivity index (χ0n) is 18.7. The van der Waals surface area contributed by atoms with E-state index in [0.29, 0.717) is 23.5 Å². The third-order valence-electron chi connectivity index (χ3n) is 5.65. The van der Waals surface area contributed by atoms with Crippen molar-refractivity contribution in [3.8, 4) is 0 Å². The van der Waals surface area contributed by atoms with Crippen molar-refractivity contribution in [1.82, 2.24) is 4.31 Å². The highest BCUT2D eigenvalue weighted by atomic mass is 32.2. The summed E-state index contributed by atoms with van der Waals surface area (Å²) >= 11 is 0. The normalized spacial score (nSPS) is 15.7. The van der Waals surface area contributed by atoms with Gasteiger partial charge in [-0.1, -0.05) is 48.5 Å². The molecular weight excluding hydrogens is 452 g/mol. The summed E-state index contributed by atoms with van der Waals surface area (Å²) in [5.41, 5.74) is 3.45. The molecule has 0 aromatic heterocycles. The number of fused-ring (bicyclic) bond motifs is 1. The second-order valence-corrected chi connectivity index (χ2v) is 10.2. The van der Waals surface area contributed by atoms with Crippen molar-refractivity contribution in [3.05, 3.63) is 90.0 Å². The molecule has 1 aliphatic rings. The van der Waals surface area contributed by atoms with E-state index in [-0.39, 0.29) is 12.3 Å². The molecule has 1 heterocycles. The summed E-state index contributed by atoms with van der Waals surface area (Å²) < 4.78 is 26.8. The van der Waals surface area contributed by atoms with Gasteiger partial charge in [-0.15, -0.1) is 0 Å². The Morgan fingerprint density at radius 1 is 0.824 bits per heavy atom. The van der Waals surface area contributed by atoms with Crippen molar-refractivity contribution in [3.63, 3.8) is 0 Å². The van der Waals surface area contributed by atoms with Crippen LogP contribution < -0.4 is 16.0 Å². The third-order valence-corrected chi connectivity index (χ3v) is 7.48. The fourth-order valence-corrected chi connectivity index (χ4v) is 5.12. The standard InChI is InChI=1S/C25H26N4O4S/c1-2-34(32,33)29-17-19-10-7-6-9-18(19)15-23(29)24(30)26-21-13-8-14-22(16-21)28-25(31)27-20-11-4-3-5-12-20/h3-14,16,23H,2,15,17H2,1H3,(H,26,30)(H2,27,28,31). The lowest BCUT2D eigenvalue weighted by Crippen LogP contribution is -2.51. The number of urea groups is 1. The van der Waals surface area contributed by atoms with Crippen molar-refractivity contribution in [2.75, 3.05) is 21.7 Å². The largest absolute Gasteiger partial charge is 0.325 e. The maximum absolute atomic E-state index is 13.2. The Bertz CT molecular complexity index is 1300. The maximum Gasteiger partial charge on any atom is 0.323 e. The van der Waals surface area contributed by atoms with Gasteiger partial charge in [0.25, 0.3) is 0 Å². The van der Waals surface area contributed by atoms with E-state index in [1.807, 2.05) is 42.5 Å². The first kappa shape index (κ1) is 23.5. The van der Waals surface area contributed by atoms with Crippen LogP contribution >= 0.6 is 0 Å². The molecule has 1 atom stereocenters. The number of carbonyl (C=O) groups is 2. The minimum Gasteiger partial charge on any atom is -0.325 e. The molecule has 0 bridgehead atoms. The maximum atomic E-state index is 13.2. The van der Waals surface area contributed by atoms with Gasteiger partial charge < -0.3 is 16.0 Å². The quantitative estimate of drug-likeness (QED) is 0.497. The van der Waals surface area contributed by atoms with Crippen molar-refractivity contribution in [1.29, 1.82) is 0 Å². The number of hydrogen-bond donors (Lipinski definition) is 3. The van der Waals surface area contributed by atoms with Crippen molar-refractivity contribution in [2.45, 2.75) is 25.9 Å². The summed E-state index contributed by atoms with van der Waals surface area (Å²) in [6.07, 6.45) is 0.290. The average Bonchev–Trinajstić information content (AvgIpc) is 2.84. The molecule has 0 aliphatic carbocycles. The summed E-state index contributed by atoms with van der Waals surface area (Å²) in [4.78, 5) is 25.5. The lowest BCUT2D eigenvalue weighted by Gasteiger charge is -2.34. The number of anilines is 3. The molecule has 0 saturated carbocycles. The zero-order valence-corrected chi connectivity index (χ0v) is 19.5. The highest BCUT2D eigenvalue weighted by Crippen LogP contribution is 2.27. The molecule has 3 amide bonds. The van der Waals surface area contributed by atoms with Crippen LogP contribution in [0.1, 0.15) is 18.1 Å². The van der Waals surface area contributed by atoms with E-state index in [0.717, 1.165) is 11.1 Å². The Labute approximate surface area is 199 Å². The lowest BCUT2D eigenvalue weighted by atomic mass is 9.95. The first-order valence-electron chi connectivity index (χ1n) is 11.0. The first-order valence-corrected chi connectivity index (χ1v) is 12.6. The van der Waals surface area contributed by atoms with Gasteiger partial charge in [0.05, 0.1) is 5.75 Å². The number of carbonyl (C=O) groups excluding carboxylic acids is 2. The minimum absolute atomic E-state index is 0.0884. The number of para-hydroxylation sites is 1. The molecular formula is C25H26N4O4S. The first-order chi connectivity index (χ1) is 16.4. The molecule has 3 N–H and O–H groups in total. The van der Waals surface area contributed by atoms with E-state index >= 15 is 0 Å². The van der Waals surface area contributed by atoms with Gasteiger partial charge in [-0.25, -0.2) is 13.2 Å². The molecule has 3 aromatic carbocycles. The predicted molar refractivity (Wildman–Crippen MR) is 133 cm³/mol. The summed E-state index contributed by atoms with van der Waals surface area (Å²) in [6, 6.07) is 22.0. The molecule has 0 fully saturated rings. The van der Waals surface area contributed by atoms with Gasteiger partial charge in [0.15, 0.2) is 0 Å². The Kier molecular flexibility index (Phi) is 6.95. The predicted octanol–water partition coefficient (Wildman–Crippen LogP) is 4.05. The van der Waals surface area contributed by atoms with Crippen LogP contribution in [0.2, 0.25) is 0 Å². The summed E-state index contributed by atoms with van der Waals surface area (Å²) in [6.45, 7) is 1.73.